The van der Waals surface area contributed by atoms with Gasteiger partial charge in [0.2, 0.25) is 0 Å². The quantitative estimate of drug-likeness (QED) is 0.831. The van der Waals surface area contributed by atoms with Crippen LogP contribution >= 0.6 is 0 Å². The van der Waals surface area contributed by atoms with Crippen molar-refractivity contribution in [3.8, 4) is 0 Å². The summed E-state index contributed by atoms with van der Waals surface area (Å²) in [5.74, 6) is 0. The zero-order valence-electron chi connectivity index (χ0n) is 15.5. The van der Waals surface area contributed by atoms with Crippen LogP contribution in [0.15, 0.2) is 48.5 Å². The van der Waals surface area contributed by atoms with Gasteiger partial charge < -0.3 is 10.6 Å². The minimum absolute atomic E-state index is 0.105. The van der Waals surface area contributed by atoms with Crippen molar-refractivity contribution in [1.29, 1.82) is 0 Å². The van der Waals surface area contributed by atoms with Crippen LogP contribution in [-0.4, -0.2) is 49.3 Å². The average molecular weight is 346 g/mol. The van der Waals surface area contributed by atoms with Gasteiger partial charge in [-0.05, 0) is 50.2 Å². The van der Waals surface area contributed by atoms with Crippen LogP contribution < -0.4 is 10.6 Å². The molecule has 2 aromatic rings. The molecule has 4 atom stereocenters. The molecule has 0 amide bonds. The van der Waals surface area contributed by atoms with E-state index < -0.39 is 0 Å². The highest BCUT2D eigenvalue weighted by atomic mass is 15.4. The van der Waals surface area contributed by atoms with Crippen molar-refractivity contribution in [2.75, 3.05) is 37.8 Å². The van der Waals surface area contributed by atoms with Crippen LogP contribution in [0, 0.1) is 0 Å². The third kappa shape index (κ3) is 1.47. The molecule has 134 valence electrons. The third-order valence-electron chi connectivity index (χ3n) is 7.73. The molecule has 0 unspecified atom stereocenters. The molecule has 2 fully saturated rings. The summed E-state index contributed by atoms with van der Waals surface area (Å²) >= 11 is 0. The molecule has 0 saturated carbocycles. The number of rotatable bonds is 1. The monoisotopic (exact) mass is 346 g/mol. The molecule has 6 rings (SSSR count). The largest absolute Gasteiger partial charge is 0.369 e. The van der Waals surface area contributed by atoms with Crippen LogP contribution in [0.1, 0.15) is 24.0 Å². The SMILES string of the molecule is CN1CC[C@@]2([C@@]34CCN(C)[C@@H]3Nc3ccccc34)c3ccccc3N[C@@H]12. The molecule has 0 bridgehead atoms. The van der Waals surface area contributed by atoms with Crippen molar-refractivity contribution >= 4 is 11.4 Å². The van der Waals surface area contributed by atoms with E-state index in [1.54, 1.807) is 0 Å². The summed E-state index contributed by atoms with van der Waals surface area (Å²) in [6, 6.07) is 18.1. The Morgan fingerprint density at radius 2 is 1.15 bits per heavy atom. The first kappa shape index (κ1) is 15.1. The van der Waals surface area contributed by atoms with E-state index >= 15 is 0 Å². The van der Waals surface area contributed by atoms with Crippen LogP contribution in [0.2, 0.25) is 0 Å². The first-order chi connectivity index (χ1) is 12.7. The molecule has 4 aliphatic rings. The third-order valence-corrected chi connectivity index (χ3v) is 7.73. The van der Waals surface area contributed by atoms with E-state index in [2.05, 4.69) is 83.1 Å². The average Bonchev–Trinajstić information content (AvgIpc) is 3.36. The molecule has 0 aromatic heterocycles. The van der Waals surface area contributed by atoms with Crippen molar-refractivity contribution in [2.24, 2.45) is 0 Å². The molecule has 2 aromatic carbocycles. The maximum atomic E-state index is 3.90. The van der Waals surface area contributed by atoms with Gasteiger partial charge in [-0.2, -0.15) is 0 Å². The minimum atomic E-state index is 0.105. The number of hydrogen-bond donors (Lipinski definition) is 2. The smallest absolute Gasteiger partial charge is 0.0901 e. The lowest BCUT2D eigenvalue weighted by Gasteiger charge is -2.48. The van der Waals surface area contributed by atoms with Gasteiger partial charge in [-0.15, -0.1) is 0 Å². The fourth-order valence-corrected chi connectivity index (χ4v) is 6.73. The number of para-hydroxylation sites is 2. The number of anilines is 2. The van der Waals surface area contributed by atoms with Crippen molar-refractivity contribution in [1.82, 2.24) is 9.80 Å². The summed E-state index contributed by atoms with van der Waals surface area (Å²) in [6.07, 6.45) is 3.14. The fourth-order valence-electron chi connectivity index (χ4n) is 6.73. The van der Waals surface area contributed by atoms with Crippen molar-refractivity contribution in [3.63, 3.8) is 0 Å². The fraction of sp³-hybridized carbons (Fsp3) is 0.455. The van der Waals surface area contributed by atoms with E-state index in [4.69, 9.17) is 0 Å². The molecule has 26 heavy (non-hydrogen) atoms. The highest BCUT2D eigenvalue weighted by Gasteiger charge is 2.70. The van der Waals surface area contributed by atoms with E-state index in [0.29, 0.717) is 12.3 Å². The van der Waals surface area contributed by atoms with Crippen LogP contribution in [0.5, 0.6) is 0 Å². The number of benzene rings is 2. The topological polar surface area (TPSA) is 30.5 Å². The molecule has 0 spiro atoms. The lowest BCUT2D eigenvalue weighted by Crippen LogP contribution is -2.60. The normalized spacial score (nSPS) is 37.6. The van der Waals surface area contributed by atoms with E-state index in [1.807, 2.05) is 0 Å². The number of nitrogens with zero attached hydrogens (tertiary/aromatic N) is 2. The van der Waals surface area contributed by atoms with Crippen molar-refractivity contribution in [3.05, 3.63) is 59.7 Å². The van der Waals surface area contributed by atoms with Gasteiger partial charge in [-0.25, -0.2) is 0 Å². The summed E-state index contributed by atoms with van der Waals surface area (Å²) < 4.78 is 0. The van der Waals surface area contributed by atoms with E-state index in [9.17, 15) is 0 Å². The number of likely N-dealkylation sites (N-methyl/N-ethyl adjacent to an activating group) is 2. The molecule has 0 aliphatic carbocycles. The molecular formula is C22H26N4. The van der Waals surface area contributed by atoms with Gasteiger partial charge in [0.05, 0.1) is 12.3 Å². The Kier molecular flexibility index (Phi) is 2.79. The molecule has 2 saturated heterocycles. The highest BCUT2D eigenvalue weighted by Crippen LogP contribution is 2.65. The number of hydrogen-bond acceptors (Lipinski definition) is 4. The van der Waals surface area contributed by atoms with Gasteiger partial charge >= 0.3 is 0 Å². The molecule has 4 heteroatoms. The minimum Gasteiger partial charge on any atom is -0.369 e. The van der Waals surface area contributed by atoms with Gasteiger partial charge in [-0.3, -0.25) is 9.80 Å². The summed E-state index contributed by atoms with van der Waals surface area (Å²) in [4.78, 5) is 5.07. The first-order valence-corrected chi connectivity index (χ1v) is 9.81. The number of nitrogens with one attached hydrogen (secondary N) is 2. The number of fused-ring (bicyclic) bond motifs is 7. The Balaban J connectivity index is 1.68. The Hall–Kier alpha value is -2.04. The van der Waals surface area contributed by atoms with Gasteiger partial charge in [0.15, 0.2) is 0 Å². The Morgan fingerprint density at radius 1 is 0.731 bits per heavy atom. The second kappa shape index (κ2) is 4.81. The Labute approximate surface area is 155 Å². The van der Waals surface area contributed by atoms with Gasteiger partial charge in [-0.1, -0.05) is 36.4 Å². The molecule has 4 nitrogen and oxygen atoms in total. The Morgan fingerprint density at radius 3 is 1.62 bits per heavy atom. The van der Waals surface area contributed by atoms with Gasteiger partial charge in [0, 0.05) is 35.3 Å². The predicted octanol–water partition coefficient (Wildman–Crippen LogP) is 3.04. The van der Waals surface area contributed by atoms with E-state index in [-0.39, 0.29) is 10.8 Å². The summed E-state index contributed by atoms with van der Waals surface area (Å²) in [5.41, 5.74) is 5.91. The first-order valence-electron chi connectivity index (χ1n) is 9.81. The maximum absolute atomic E-state index is 3.90. The predicted molar refractivity (Wildman–Crippen MR) is 106 cm³/mol. The summed E-state index contributed by atoms with van der Waals surface area (Å²) in [5, 5.41) is 7.79. The van der Waals surface area contributed by atoms with Gasteiger partial charge in [0.1, 0.15) is 0 Å². The van der Waals surface area contributed by atoms with Crippen molar-refractivity contribution in [2.45, 2.75) is 36.0 Å². The van der Waals surface area contributed by atoms with Crippen LogP contribution in [0.3, 0.4) is 0 Å². The van der Waals surface area contributed by atoms with Crippen LogP contribution in [-0.2, 0) is 10.8 Å². The number of likely N-dealkylation sites (tertiary alicyclic amines) is 2. The van der Waals surface area contributed by atoms with Crippen LogP contribution in [0.25, 0.3) is 0 Å². The molecular weight excluding hydrogens is 320 g/mol. The molecule has 4 aliphatic heterocycles. The van der Waals surface area contributed by atoms with E-state index in [1.165, 1.54) is 35.3 Å². The van der Waals surface area contributed by atoms with Gasteiger partial charge in [0.25, 0.3) is 0 Å². The lowest BCUT2D eigenvalue weighted by atomic mass is 9.55. The highest BCUT2D eigenvalue weighted by molar-refractivity contribution is 5.72. The van der Waals surface area contributed by atoms with Crippen LogP contribution in [0.4, 0.5) is 11.4 Å². The maximum Gasteiger partial charge on any atom is 0.0901 e. The van der Waals surface area contributed by atoms with E-state index in [0.717, 1.165) is 13.1 Å². The second-order valence-electron chi connectivity index (χ2n) is 8.59. The Bertz CT molecular complexity index is 822. The van der Waals surface area contributed by atoms with Crippen molar-refractivity contribution < 1.29 is 0 Å². The summed E-state index contributed by atoms with van der Waals surface area (Å²) in [7, 11) is 4.56. The zero-order valence-corrected chi connectivity index (χ0v) is 15.5. The standard InChI is InChI=1S/C22H26N4/c1-25-13-11-21(15-7-3-5-9-17(15)23-19(21)25)22-12-14-26(2)20(22)24-18-10-6-4-8-16(18)22/h3-10,19-20,23-24H,11-14H2,1-2H3/t19-,20-,21+,22+/m0/s1. The zero-order chi connectivity index (χ0) is 17.5. The second-order valence-corrected chi connectivity index (χ2v) is 8.59. The molecule has 0 radical (unpaired) electrons. The molecule has 4 heterocycles. The summed E-state index contributed by atoms with van der Waals surface area (Å²) in [6.45, 7) is 2.29. The lowest BCUT2D eigenvalue weighted by molar-refractivity contribution is 0.147. The molecule has 2 N–H and O–H groups in total.